The third-order valence-electron chi connectivity index (χ3n) is 3.89. The first-order chi connectivity index (χ1) is 9.77. The molecule has 3 nitrogen and oxygen atoms in total. The van der Waals surface area contributed by atoms with Crippen LogP contribution < -0.4 is 5.73 Å². The highest BCUT2D eigenvalue weighted by atomic mass is 32.1. The van der Waals surface area contributed by atoms with Gasteiger partial charge in [-0.05, 0) is 40.8 Å². The number of amides is 1. The molecular weight excluding hydrogens is 268 g/mol. The van der Waals surface area contributed by atoms with E-state index in [0.717, 1.165) is 24.9 Å². The summed E-state index contributed by atoms with van der Waals surface area (Å²) in [4.78, 5) is 14.6. The summed E-state index contributed by atoms with van der Waals surface area (Å²) in [6.45, 7) is 0.805. The number of nitrogens with zero attached hydrogens (tertiary/aromatic N) is 1. The van der Waals surface area contributed by atoms with E-state index in [1.54, 1.807) is 11.3 Å². The zero-order chi connectivity index (χ0) is 13.9. The summed E-state index contributed by atoms with van der Waals surface area (Å²) in [6, 6.07) is 11.3. The van der Waals surface area contributed by atoms with Crippen molar-refractivity contribution in [2.24, 2.45) is 5.73 Å². The van der Waals surface area contributed by atoms with E-state index in [9.17, 15) is 4.79 Å². The lowest BCUT2D eigenvalue weighted by atomic mass is 10.0. The fourth-order valence-electron chi connectivity index (χ4n) is 2.82. The number of thiophene rings is 1. The van der Waals surface area contributed by atoms with Crippen LogP contribution in [0.1, 0.15) is 36.1 Å². The molecule has 1 amide bonds. The van der Waals surface area contributed by atoms with Crippen LogP contribution in [0.5, 0.6) is 0 Å². The van der Waals surface area contributed by atoms with E-state index < -0.39 is 6.04 Å². The number of hydrogen-bond acceptors (Lipinski definition) is 3. The van der Waals surface area contributed by atoms with Gasteiger partial charge in [-0.3, -0.25) is 4.79 Å². The molecule has 2 aromatic rings. The van der Waals surface area contributed by atoms with Crippen LogP contribution in [0.15, 0.2) is 47.2 Å². The van der Waals surface area contributed by atoms with E-state index in [0.29, 0.717) is 0 Å². The van der Waals surface area contributed by atoms with Gasteiger partial charge in [0.2, 0.25) is 5.91 Å². The molecule has 20 heavy (non-hydrogen) atoms. The molecule has 104 valence electrons. The molecule has 0 spiro atoms. The van der Waals surface area contributed by atoms with Crippen LogP contribution in [-0.4, -0.2) is 17.4 Å². The Morgan fingerprint density at radius 3 is 2.80 bits per heavy atom. The highest BCUT2D eigenvalue weighted by molar-refractivity contribution is 7.07. The average molecular weight is 286 g/mol. The number of carbonyl (C=O) groups is 1. The van der Waals surface area contributed by atoms with Crippen molar-refractivity contribution in [1.82, 2.24) is 4.90 Å². The van der Waals surface area contributed by atoms with Crippen LogP contribution in [0, 0.1) is 0 Å². The molecule has 1 saturated heterocycles. The Hall–Kier alpha value is -1.65. The van der Waals surface area contributed by atoms with Crippen LogP contribution in [0.3, 0.4) is 0 Å². The molecule has 1 aliphatic rings. The fourth-order valence-corrected chi connectivity index (χ4v) is 3.53. The Balaban J connectivity index is 1.79. The van der Waals surface area contributed by atoms with E-state index in [-0.39, 0.29) is 11.9 Å². The zero-order valence-corrected chi connectivity index (χ0v) is 12.1. The molecule has 4 heteroatoms. The molecule has 1 aromatic heterocycles. The van der Waals surface area contributed by atoms with Crippen LogP contribution >= 0.6 is 11.3 Å². The summed E-state index contributed by atoms with van der Waals surface area (Å²) in [6.07, 6.45) is 2.08. The summed E-state index contributed by atoms with van der Waals surface area (Å²) in [5.41, 5.74) is 8.27. The van der Waals surface area contributed by atoms with Gasteiger partial charge in [0.15, 0.2) is 0 Å². The SMILES string of the molecule is NC(C(=O)N1CCCC1c1ccsc1)c1ccccc1. The first-order valence-corrected chi connectivity index (χ1v) is 7.85. The topological polar surface area (TPSA) is 46.3 Å². The molecule has 0 aliphatic carbocycles. The number of likely N-dealkylation sites (tertiary alicyclic amines) is 1. The average Bonchev–Trinajstić information content (AvgIpc) is 3.16. The van der Waals surface area contributed by atoms with Gasteiger partial charge in [0.05, 0.1) is 6.04 Å². The predicted octanol–water partition coefficient (Wildman–Crippen LogP) is 3.11. The number of hydrogen-bond donors (Lipinski definition) is 1. The molecule has 2 heterocycles. The van der Waals surface area contributed by atoms with Gasteiger partial charge in [0.1, 0.15) is 6.04 Å². The van der Waals surface area contributed by atoms with E-state index >= 15 is 0 Å². The van der Waals surface area contributed by atoms with Crippen LogP contribution in [0.4, 0.5) is 0 Å². The number of nitrogens with two attached hydrogens (primary N) is 1. The standard InChI is InChI=1S/C16H18N2OS/c17-15(12-5-2-1-3-6-12)16(19)18-9-4-7-14(18)13-8-10-20-11-13/h1-3,5-6,8,10-11,14-15H,4,7,9,17H2. The molecule has 2 N–H and O–H groups in total. The van der Waals surface area contributed by atoms with Gasteiger partial charge in [-0.2, -0.15) is 11.3 Å². The summed E-state index contributed by atoms with van der Waals surface area (Å²) in [7, 11) is 0. The van der Waals surface area contributed by atoms with Gasteiger partial charge in [-0.15, -0.1) is 0 Å². The Labute approximate surface area is 123 Å². The lowest BCUT2D eigenvalue weighted by molar-refractivity contribution is -0.133. The molecule has 1 aromatic carbocycles. The van der Waals surface area contributed by atoms with Gasteiger partial charge in [-0.25, -0.2) is 0 Å². The zero-order valence-electron chi connectivity index (χ0n) is 11.2. The second kappa shape index (κ2) is 5.77. The van der Waals surface area contributed by atoms with Crippen molar-refractivity contribution in [3.8, 4) is 0 Å². The van der Waals surface area contributed by atoms with Gasteiger partial charge >= 0.3 is 0 Å². The maximum Gasteiger partial charge on any atom is 0.244 e. The van der Waals surface area contributed by atoms with Crippen LogP contribution in [-0.2, 0) is 4.79 Å². The first kappa shape index (κ1) is 13.3. The van der Waals surface area contributed by atoms with Crippen molar-refractivity contribution >= 4 is 17.2 Å². The highest BCUT2D eigenvalue weighted by Crippen LogP contribution is 2.34. The predicted molar refractivity (Wildman–Crippen MR) is 81.4 cm³/mol. The molecule has 1 fully saturated rings. The van der Waals surface area contributed by atoms with Crippen molar-refractivity contribution in [2.75, 3.05) is 6.54 Å². The second-order valence-electron chi connectivity index (χ2n) is 5.13. The highest BCUT2D eigenvalue weighted by Gasteiger charge is 2.33. The minimum atomic E-state index is -0.560. The minimum Gasteiger partial charge on any atom is -0.334 e. The number of rotatable bonds is 3. The van der Waals surface area contributed by atoms with Gasteiger partial charge in [-0.1, -0.05) is 30.3 Å². The monoisotopic (exact) mass is 286 g/mol. The van der Waals surface area contributed by atoms with Crippen molar-refractivity contribution in [3.05, 3.63) is 58.3 Å². The molecule has 2 unspecified atom stereocenters. The van der Waals surface area contributed by atoms with Crippen molar-refractivity contribution in [1.29, 1.82) is 0 Å². The summed E-state index contributed by atoms with van der Waals surface area (Å²) in [5.74, 6) is 0.0323. The maximum atomic E-state index is 12.7. The second-order valence-corrected chi connectivity index (χ2v) is 5.91. The van der Waals surface area contributed by atoms with Gasteiger partial charge in [0.25, 0.3) is 0 Å². The summed E-state index contributed by atoms with van der Waals surface area (Å²) >= 11 is 1.68. The van der Waals surface area contributed by atoms with Crippen LogP contribution in [0.25, 0.3) is 0 Å². The van der Waals surface area contributed by atoms with Crippen molar-refractivity contribution in [3.63, 3.8) is 0 Å². The fraction of sp³-hybridized carbons (Fsp3) is 0.312. The molecule has 0 bridgehead atoms. The molecule has 3 rings (SSSR count). The Morgan fingerprint density at radius 1 is 1.30 bits per heavy atom. The molecule has 2 atom stereocenters. The molecular formula is C16H18N2OS. The first-order valence-electron chi connectivity index (χ1n) is 6.90. The van der Waals surface area contributed by atoms with E-state index in [4.69, 9.17) is 5.73 Å². The van der Waals surface area contributed by atoms with Crippen molar-refractivity contribution in [2.45, 2.75) is 24.9 Å². The van der Waals surface area contributed by atoms with Crippen LogP contribution in [0.2, 0.25) is 0 Å². The number of benzene rings is 1. The van der Waals surface area contributed by atoms with E-state index in [2.05, 4.69) is 16.8 Å². The van der Waals surface area contributed by atoms with E-state index in [1.807, 2.05) is 35.2 Å². The Kier molecular flexibility index (Phi) is 3.85. The molecule has 0 radical (unpaired) electrons. The quantitative estimate of drug-likeness (QED) is 0.942. The molecule has 0 saturated carbocycles. The maximum absolute atomic E-state index is 12.7. The van der Waals surface area contributed by atoms with Gasteiger partial charge < -0.3 is 10.6 Å². The van der Waals surface area contributed by atoms with Gasteiger partial charge in [0, 0.05) is 6.54 Å². The Morgan fingerprint density at radius 2 is 2.10 bits per heavy atom. The summed E-state index contributed by atoms with van der Waals surface area (Å²) in [5, 5.41) is 4.19. The lowest BCUT2D eigenvalue weighted by Crippen LogP contribution is -2.38. The van der Waals surface area contributed by atoms with Crippen molar-refractivity contribution < 1.29 is 4.79 Å². The smallest absolute Gasteiger partial charge is 0.244 e. The third kappa shape index (κ3) is 2.49. The lowest BCUT2D eigenvalue weighted by Gasteiger charge is -2.27. The summed E-state index contributed by atoms with van der Waals surface area (Å²) < 4.78 is 0. The molecule has 1 aliphatic heterocycles. The normalized spacial score (nSPS) is 20.1. The van der Waals surface area contributed by atoms with E-state index in [1.165, 1.54) is 5.56 Å². The number of carbonyl (C=O) groups excluding carboxylic acids is 1. The third-order valence-corrected chi connectivity index (χ3v) is 4.59. The Bertz CT molecular complexity index is 567. The minimum absolute atomic E-state index is 0.0323. The largest absolute Gasteiger partial charge is 0.334 e.